The predicted molar refractivity (Wildman–Crippen MR) is 62.4 cm³/mol. The van der Waals surface area contributed by atoms with E-state index in [0.717, 1.165) is 20.8 Å². The van der Waals surface area contributed by atoms with Gasteiger partial charge in [0.1, 0.15) is 0 Å². The summed E-state index contributed by atoms with van der Waals surface area (Å²) in [6.07, 6.45) is 3.20. The SMILES string of the molecule is CN(C)c1nnc(SC2=CC(=O)CC2)s1. The van der Waals surface area contributed by atoms with Crippen LogP contribution in [-0.2, 0) is 4.79 Å². The number of rotatable bonds is 3. The number of allylic oxidation sites excluding steroid dienone is 2. The Balaban J connectivity index is 2.05. The Labute approximate surface area is 96.4 Å². The average Bonchev–Trinajstić information content (AvgIpc) is 2.76. The molecule has 80 valence electrons. The fraction of sp³-hybridized carbons (Fsp3) is 0.444. The van der Waals surface area contributed by atoms with Crippen LogP contribution < -0.4 is 4.90 Å². The molecular formula is C9H11N3OS2. The van der Waals surface area contributed by atoms with Gasteiger partial charge in [0.25, 0.3) is 0 Å². The smallest absolute Gasteiger partial charge is 0.208 e. The molecule has 0 spiro atoms. The molecule has 4 nitrogen and oxygen atoms in total. The first-order valence-corrected chi connectivity index (χ1v) is 6.20. The topological polar surface area (TPSA) is 46.1 Å². The van der Waals surface area contributed by atoms with Crippen molar-refractivity contribution < 1.29 is 4.79 Å². The molecule has 0 amide bonds. The minimum Gasteiger partial charge on any atom is -0.353 e. The monoisotopic (exact) mass is 241 g/mol. The highest BCUT2D eigenvalue weighted by Crippen LogP contribution is 2.36. The first-order chi connectivity index (χ1) is 7.15. The first kappa shape index (κ1) is 10.6. The van der Waals surface area contributed by atoms with Crippen LogP contribution in [0, 0.1) is 0 Å². The van der Waals surface area contributed by atoms with E-state index >= 15 is 0 Å². The first-order valence-electron chi connectivity index (χ1n) is 4.57. The van der Waals surface area contributed by atoms with E-state index in [1.807, 2.05) is 19.0 Å². The Bertz CT molecular complexity index is 411. The highest BCUT2D eigenvalue weighted by molar-refractivity contribution is 8.04. The largest absolute Gasteiger partial charge is 0.353 e. The summed E-state index contributed by atoms with van der Waals surface area (Å²) >= 11 is 3.10. The van der Waals surface area contributed by atoms with Crippen molar-refractivity contribution in [3.63, 3.8) is 0 Å². The third-order valence-electron chi connectivity index (χ3n) is 1.94. The molecule has 0 unspecified atom stereocenters. The lowest BCUT2D eigenvalue weighted by Crippen LogP contribution is -2.07. The van der Waals surface area contributed by atoms with Gasteiger partial charge in [-0.15, -0.1) is 10.2 Å². The van der Waals surface area contributed by atoms with Crippen molar-refractivity contribution in [2.75, 3.05) is 19.0 Å². The highest BCUT2D eigenvalue weighted by atomic mass is 32.2. The van der Waals surface area contributed by atoms with Crippen LogP contribution >= 0.6 is 23.1 Å². The Hall–Kier alpha value is -0.880. The van der Waals surface area contributed by atoms with Crippen molar-refractivity contribution in [2.24, 2.45) is 0 Å². The second-order valence-corrected chi connectivity index (χ2v) is 5.75. The van der Waals surface area contributed by atoms with E-state index < -0.39 is 0 Å². The zero-order valence-electron chi connectivity index (χ0n) is 8.56. The van der Waals surface area contributed by atoms with E-state index in [4.69, 9.17) is 0 Å². The average molecular weight is 241 g/mol. The van der Waals surface area contributed by atoms with Crippen LogP contribution in [0.2, 0.25) is 0 Å². The molecule has 0 atom stereocenters. The number of ketones is 1. The van der Waals surface area contributed by atoms with Crippen molar-refractivity contribution >= 4 is 34.0 Å². The van der Waals surface area contributed by atoms with Crippen LogP contribution in [0.1, 0.15) is 12.8 Å². The summed E-state index contributed by atoms with van der Waals surface area (Å²) in [5, 5.41) is 8.99. The van der Waals surface area contributed by atoms with Gasteiger partial charge in [0.15, 0.2) is 10.1 Å². The van der Waals surface area contributed by atoms with Crippen LogP contribution in [0.4, 0.5) is 5.13 Å². The highest BCUT2D eigenvalue weighted by Gasteiger charge is 2.15. The van der Waals surface area contributed by atoms with E-state index in [1.54, 1.807) is 29.2 Å². The minimum absolute atomic E-state index is 0.217. The molecule has 1 aromatic rings. The number of aromatic nitrogens is 2. The quantitative estimate of drug-likeness (QED) is 0.809. The number of carbonyl (C=O) groups excluding carboxylic acids is 1. The summed E-state index contributed by atoms with van der Waals surface area (Å²) in [7, 11) is 3.88. The van der Waals surface area contributed by atoms with Gasteiger partial charge in [-0.1, -0.05) is 23.1 Å². The summed E-state index contributed by atoms with van der Waals surface area (Å²) in [5.41, 5.74) is 0. The number of carbonyl (C=O) groups is 1. The number of hydrogen-bond donors (Lipinski definition) is 0. The number of hydrogen-bond acceptors (Lipinski definition) is 6. The van der Waals surface area contributed by atoms with E-state index in [9.17, 15) is 4.79 Å². The van der Waals surface area contributed by atoms with Crippen LogP contribution in [-0.4, -0.2) is 30.1 Å². The van der Waals surface area contributed by atoms with Crippen molar-refractivity contribution in [3.8, 4) is 0 Å². The Morgan fingerprint density at radius 3 is 2.73 bits per heavy atom. The zero-order valence-corrected chi connectivity index (χ0v) is 10.2. The summed E-state index contributed by atoms with van der Waals surface area (Å²) in [6, 6.07) is 0. The van der Waals surface area contributed by atoms with Crippen LogP contribution in [0.25, 0.3) is 0 Å². The van der Waals surface area contributed by atoms with Gasteiger partial charge in [-0.3, -0.25) is 4.79 Å². The molecule has 1 heterocycles. The Morgan fingerprint density at radius 1 is 1.40 bits per heavy atom. The fourth-order valence-electron chi connectivity index (χ4n) is 1.19. The summed E-state index contributed by atoms with van der Waals surface area (Å²) in [4.78, 5) is 14.1. The van der Waals surface area contributed by atoms with Gasteiger partial charge >= 0.3 is 0 Å². The molecule has 2 rings (SSSR count). The summed E-state index contributed by atoms with van der Waals surface area (Å²) in [5.74, 6) is 0.217. The molecule has 0 saturated heterocycles. The van der Waals surface area contributed by atoms with Crippen LogP contribution in [0.3, 0.4) is 0 Å². The third-order valence-corrected chi connectivity index (χ3v) is 4.16. The van der Waals surface area contributed by atoms with Gasteiger partial charge in [0.2, 0.25) is 5.13 Å². The lowest BCUT2D eigenvalue weighted by Gasteiger charge is -2.03. The van der Waals surface area contributed by atoms with Crippen molar-refractivity contribution in [3.05, 3.63) is 11.0 Å². The molecule has 1 aromatic heterocycles. The molecule has 0 bridgehead atoms. The molecule has 15 heavy (non-hydrogen) atoms. The third kappa shape index (κ3) is 2.57. The molecule has 0 saturated carbocycles. The maximum atomic E-state index is 11.0. The van der Waals surface area contributed by atoms with E-state index in [0.29, 0.717) is 6.42 Å². The zero-order chi connectivity index (χ0) is 10.8. The summed E-state index contributed by atoms with van der Waals surface area (Å²) < 4.78 is 0.902. The molecule has 0 aromatic carbocycles. The van der Waals surface area contributed by atoms with E-state index in [1.165, 1.54) is 0 Å². The predicted octanol–water partition coefficient (Wildman–Crippen LogP) is 1.94. The van der Waals surface area contributed by atoms with E-state index in [2.05, 4.69) is 10.2 Å². The van der Waals surface area contributed by atoms with Gasteiger partial charge < -0.3 is 4.90 Å². The maximum Gasteiger partial charge on any atom is 0.208 e. The molecule has 0 radical (unpaired) electrons. The Morgan fingerprint density at radius 2 is 2.20 bits per heavy atom. The van der Waals surface area contributed by atoms with Gasteiger partial charge in [-0.05, 0) is 17.4 Å². The van der Waals surface area contributed by atoms with Gasteiger partial charge in [0.05, 0.1) is 0 Å². The van der Waals surface area contributed by atoms with E-state index in [-0.39, 0.29) is 5.78 Å². The fourth-order valence-corrected chi connectivity index (χ4v) is 3.10. The van der Waals surface area contributed by atoms with Gasteiger partial charge in [-0.25, -0.2) is 0 Å². The van der Waals surface area contributed by atoms with Crippen LogP contribution in [0.15, 0.2) is 15.3 Å². The number of anilines is 1. The van der Waals surface area contributed by atoms with Gasteiger partial charge in [-0.2, -0.15) is 0 Å². The second-order valence-electron chi connectivity index (χ2n) is 3.42. The number of thioether (sulfide) groups is 1. The molecule has 0 fully saturated rings. The van der Waals surface area contributed by atoms with Crippen molar-refractivity contribution in [2.45, 2.75) is 17.2 Å². The maximum absolute atomic E-state index is 11.0. The Kier molecular flexibility index (Phi) is 3.06. The van der Waals surface area contributed by atoms with Crippen molar-refractivity contribution in [1.82, 2.24) is 10.2 Å². The standard InChI is InChI=1S/C9H11N3OS2/c1-12(2)8-10-11-9(15-8)14-7-4-3-6(13)5-7/h5H,3-4H2,1-2H3. The summed E-state index contributed by atoms with van der Waals surface area (Å²) in [6.45, 7) is 0. The minimum atomic E-state index is 0.217. The normalized spacial score (nSPS) is 15.6. The van der Waals surface area contributed by atoms with Gasteiger partial charge in [0, 0.05) is 20.5 Å². The molecule has 1 aliphatic carbocycles. The lowest BCUT2D eigenvalue weighted by atomic mass is 10.3. The molecule has 0 aliphatic heterocycles. The number of nitrogens with zero attached hydrogens (tertiary/aromatic N) is 3. The second kappa shape index (κ2) is 4.32. The lowest BCUT2D eigenvalue weighted by molar-refractivity contribution is -0.114. The van der Waals surface area contributed by atoms with Crippen molar-refractivity contribution in [1.29, 1.82) is 0 Å². The molecule has 1 aliphatic rings. The molecule has 6 heteroatoms. The molecular weight excluding hydrogens is 230 g/mol. The molecule has 0 N–H and O–H groups in total. The van der Waals surface area contributed by atoms with Crippen LogP contribution in [0.5, 0.6) is 0 Å².